The zero-order valence-corrected chi connectivity index (χ0v) is 11.7. The molecule has 2 N–H and O–H groups in total. The summed E-state index contributed by atoms with van der Waals surface area (Å²) < 4.78 is 1.61. The molecule has 3 aromatic rings. The lowest BCUT2D eigenvalue weighted by molar-refractivity contribution is -0.103. The monoisotopic (exact) mass is 291 g/mol. The number of allylic oxidation sites excluding steroid dienone is 1. The third-order valence-electron chi connectivity index (χ3n) is 3.18. The van der Waals surface area contributed by atoms with Crippen LogP contribution in [0.4, 0.5) is 5.82 Å². The lowest BCUT2D eigenvalue weighted by Gasteiger charge is -2.10. The van der Waals surface area contributed by atoms with Crippen LogP contribution < -0.4 is 5.73 Å². The molecule has 0 radical (unpaired) electrons. The molecule has 6 nitrogen and oxygen atoms in total. The van der Waals surface area contributed by atoms with Gasteiger partial charge < -0.3 is 5.73 Å². The highest BCUT2D eigenvalue weighted by Crippen LogP contribution is 2.32. The van der Waals surface area contributed by atoms with E-state index in [0.717, 1.165) is 5.56 Å². The van der Waals surface area contributed by atoms with Crippen molar-refractivity contribution < 1.29 is 4.79 Å². The highest BCUT2D eigenvalue weighted by Gasteiger charge is 2.20. The molecule has 0 unspecified atom stereocenters. The molecule has 6 heteroatoms. The number of aromatic nitrogens is 4. The number of nitrogens with two attached hydrogens (primary N) is 1. The summed E-state index contributed by atoms with van der Waals surface area (Å²) in [5.41, 5.74) is 8.22. The summed E-state index contributed by atoms with van der Waals surface area (Å²) in [5.74, 6) is 0.823. The molecule has 0 aliphatic rings. The number of hydrogen-bond acceptors (Lipinski definition) is 5. The Bertz CT molecular complexity index is 825. The number of hydrogen-bond donors (Lipinski definition) is 1. The van der Waals surface area contributed by atoms with Crippen LogP contribution in [0.5, 0.6) is 0 Å². The summed E-state index contributed by atoms with van der Waals surface area (Å²) >= 11 is 0. The SMILES string of the molecule is C=C(C=O)n1c(-c2ccccc2)nc(N)c1-c1ccncn1. The molecule has 0 aliphatic carbocycles. The maximum absolute atomic E-state index is 11.3. The Kier molecular flexibility index (Phi) is 3.49. The van der Waals surface area contributed by atoms with Gasteiger partial charge in [-0.15, -0.1) is 0 Å². The van der Waals surface area contributed by atoms with Crippen LogP contribution in [0.15, 0.2) is 55.5 Å². The van der Waals surface area contributed by atoms with E-state index < -0.39 is 0 Å². The predicted octanol–water partition coefficient (Wildman–Crippen LogP) is 2.26. The van der Waals surface area contributed by atoms with E-state index in [-0.39, 0.29) is 11.5 Å². The molecule has 0 atom stereocenters. The van der Waals surface area contributed by atoms with E-state index in [1.165, 1.54) is 6.33 Å². The Hall–Kier alpha value is -3.28. The average Bonchev–Trinajstić information content (AvgIpc) is 2.93. The first-order valence-corrected chi connectivity index (χ1v) is 6.57. The fourth-order valence-electron chi connectivity index (χ4n) is 2.23. The summed E-state index contributed by atoms with van der Waals surface area (Å²) in [7, 11) is 0. The number of nitrogens with zero attached hydrogens (tertiary/aromatic N) is 4. The molecule has 0 spiro atoms. The average molecular weight is 291 g/mol. The largest absolute Gasteiger partial charge is 0.382 e. The van der Waals surface area contributed by atoms with Crippen molar-refractivity contribution in [1.29, 1.82) is 0 Å². The smallest absolute Gasteiger partial charge is 0.166 e. The Morgan fingerprint density at radius 1 is 1.23 bits per heavy atom. The minimum atomic E-state index is 0.233. The van der Waals surface area contributed by atoms with Crippen molar-refractivity contribution in [3.63, 3.8) is 0 Å². The second-order valence-electron chi connectivity index (χ2n) is 4.57. The number of anilines is 1. The van der Waals surface area contributed by atoms with Crippen LogP contribution in [0.3, 0.4) is 0 Å². The van der Waals surface area contributed by atoms with Crippen LogP contribution >= 0.6 is 0 Å². The van der Waals surface area contributed by atoms with Gasteiger partial charge in [0.05, 0.1) is 11.4 Å². The van der Waals surface area contributed by atoms with Gasteiger partial charge in [0.1, 0.15) is 17.8 Å². The van der Waals surface area contributed by atoms with Gasteiger partial charge in [-0.25, -0.2) is 15.0 Å². The molecule has 0 amide bonds. The Morgan fingerprint density at radius 3 is 2.64 bits per heavy atom. The number of nitrogen functional groups attached to an aromatic ring is 1. The first-order chi connectivity index (χ1) is 10.7. The van der Waals surface area contributed by atoms with Crippen molar-refractivity contribution in [3.8, 4) is 22.8 Å². The summed E-state index contributed by atoms with van der Waals surface area (Å²) in [5, 5.41) is 0. The molecular formula is C16H13N5O. The highest BCUT2D eigenvalue weighted by atomic mass is 16.1. The third-order valence-corrected chi connectivity index (χ3v) is 3.18. The third kappa shape index (κ3) is 2.26. The van der Waals surface area contributed by atoms with Crippen molar-refractivity contribution in [3.05, 3.63) is 55.5 Å². The molecule has 3 rings (SSSR count). The van der Waals surface area contributed by atoms with Crippen LogP contribution in [0.1, 0.15) is 0 Å². The summed E-state index contributed by atoms with van der Waals surface area (Å²) in [4.78, 5) is 23.7. The lowest BCUT2D eigenvalue weighted by atomic mass is 10.2. The van der Waals surface area contributed by atoms with Crippen LogP contribution in [0, 0.1) is 0 Å². The number of rotatable bonds is 4. The molecule has 1 aromatic carbocycles. The van der Waals surface area contributed by atoms with Crippen molar-refractivity contribution in [1.82, 2.24) is 19.5 Å². The van der Waals surface area contributed by atoms with E-state index in [4.69, 9.17) is 5.73 Å². The van der Waals surface area contributed by atoms with Gasteiger partial charge >= 0.3 is 0 Å². The molecule has 0 fully saturated rings. The van der Waals surface area contributed by atoms with E-state index in [0.29, 0.717) is 23.5 Å². The van der Waals surface area contributed by atoms with Gasteiger partial charge in [0.25, 0.3) is 0 Å². The number of carbonyl (C=O) groups excluding carboxylic acids is 1. The van der Waals surface area contributed by atoms with Crippen molar-refractivity contribution >= 4 is 17.8 Å². The van der Waals surface area contributed by atoms with Gasteiger partial charge in [-0.3, -0.25) is 9.36 Å². The standard InChI is InChI=1S/C16H13N5O/c1-11(9-22)21-14(13-7-8-18-10-19-13)15(17)20-16(21)12-5-3-2-4-6-12/h2-10H,1,17H2. The molecule has 108 valence electrons. The zero-order valence-electron chi connectivity index (χ0n) is 11.7. The molecule has 2 aromatic heterocycles. The molecule has 2 heterocycles. The van der Waals surface area contributed by atoms with Crippen molar-refractivity contribution in [2.75, 3.05) is 5.73 Å². The van der Waals surface area contributed by atoms with Crippen molar-refractivity contribution in [2.24, 2.45) is 0 Å². The van der Waals surface area contributed by atoms with E-state index in [9.17, 15) is 4.79 Å². The van der Waals surface area contributed by atoms with Gasteiger partial charge in [-0.1, -0.05) is 36.9 Å². The van der Waals surface area contributed by atoms with Gasteiger partial charge in [0.15, 0.2) is 12.1 Å². The van der Waals surface area contributed by atoms with E-state index >= 15 is 0 Å². The minimum Gasteiger partial charge on any atom is -0.382 e. The maximum Gasteiger partial charge on any atom is 0.166 e. The fourth-order valence-corrected chi connectivity index (χ4v) is 2.23. The Balaban J connectivity index is 2.30. The topological polar surface area (TPSA) is 86.7 Å². The van der Waals surface area contributed by atoms with E-state index in [1.807, 2.05) is 30.3 Å². The van der Waals surface area contributed by atoms with Crippen LogP contribution in [-0.2, 0) is 4.79 Å². The Morgan fingerprint density at radius 2 is 2.00 bits per heavy atom. The summed E-state index contributed by atoms with van der Waals surface area (Å²) in [6.07, 6.45) is 3.68. The second-order valence-corrected chi connectivity index (χ2v) is 4.57. The normalized spacial score (nSPS) is 10.4. The minimum absolute atomic E-state index is 0.233. The van der Waals surface area contributed by atoms with Gasteiger partial charge in [-0.2, -0.15) is 0 Å². The van der Waals surface area contributed by atoms with Crippen LogP contribution in [0.2, 0.25) is 0 Å². The van der Waals surface area contributed by atoms with Crippen LogP contribution in [0.25, 0.3) is 28.5 Å². The number of benzene rings is 1. The van der Waals surface area contributed by atoms with Gasteiger partial charge in [-0.05, 0) is 6.07 Å². The second kappa shape index (κ2) is 5.61. The molecule has 0 saturated heterocycles. The summed E-state index contributed by atoms with van der Waals surface area (Å²) in [6.45, 7) is 3.79. The molecule has 0 bridgehead atoms. The fraction of sp³-hybridized carbons (Fsp3) is 0. The number of carbonyl (C=O) groups is 1. The summed E-state index contributed by atoms with van der Waals surface area (Å²) in [6, 6.07) is 11.2. The molecule has 22 heavy (non-hydrogen) atoms. The maximum atomic E-state index is 11.3. The van der Waals surface area contributed by atoms with Crippen LogP contribution in [-0.4, -0.2) is 25.8 Å². The highest BCUT2D eigenvalue weighted by molar-refractivity contribution is 6.01. The Labute approximate surface area is 127 Å². The number of imidazole rings is 1. The first-order valence-electron chi connectivity index (χ1n) is 6.57. The quantitative estimate of drug-likeness (QED) is 0.588. The first kappa shape index (κ1) is 13.7. The van der Waals surface area contributed by atoms with E-state index in [2.05, 4.69) is 21.5 Å². The number of aldehydes is 1. The molecular weight excluding hydrogens is 278 g/mol. The van der Waals surface area contributed by atoms with Crippen molar-refractivity contribution in [2.45, 2.75) is 0 Å². The van der Waals surface area contributed by atoms with E-state index in [1.54, 1.807) is 16.8 Å². The lowest BCUT2D eigenvalue weighted by Crippen LogP contribution is -2.03. The predicted molar refractivity (Wildman–Crippen MR) is 84.5 cm³/mol. The zero-order chi connectivity index (χ0) is 15.5. The molecule has 0 aliphatic heterocycles. The van der Waals surface area contributed by atoms with Gasteiger partial charge in [0.2, 0.25) is 0 Å². The van der Waals surface area contributed by atoms with Gasteiger partial charge in [0, 0.05) is 11.8 Å². The molecule has 0 saturated carbocycles.